The Labute approximate surface area is 200 Å². The fourth-order valence-electron chi connectivity index (χ4n) is 3.13. The second kappa shape index (κ2) is 14.3. The zero-order chi connectivity index (χ0) is 25.7. The van der Waals surface area contributed by atoms with Crippen molar-refractivity contribution in [3.63, 3.8) is 0 Å². The van der Waals surface area contributed by atoms with Crippen LogP contribution in [-0.2, 0) is 23.9 Å². The van der Waals surface area contributed by atoms with Crippen molar-refractivity contribution in [1.29, 1.82) is 0 Å². The van der Waals surface area contributed by atoms with E-state index in [4.69, 9.17) is 4.74 Å². The van der Waals surface area contributed by atoms with Crippen LogP contribution in [0, 0.1) is 5.92 Å². The number of nitrogens with one attached hydrogen (secondary N) is 3. The van der Waals surface area contributed by atoms with E-state index in [-0.39, 0.29) is 54.2 Å². The standard InChI is InChI=1S/C25H47N3O5/c1-9-19(3)22(32)28-23(4,5)15-18-33-24(6,7)13-14-25(8,10-2)27-21(31)12-11-20(30)26-16-17-29/h17,19H,9-16,18H2,1-8H3,(H,26,30)(H,27,31)(H,28,32). The minimum atomic E-state index is -0.402. The van der Waals surface area contributed by atoms with Crippen LogP contribution < -0.4 is 16.0 Å². The summed E-state index contributed by atoms with van der Waals surface area (Å²) in [4.78, 5) is 46.4. The Morgan fingerprint density at radius 2 is 1.52 bits per heavy atom. The molecule has 3 N–H and O–H groups in total. The predicted octanol–water partition coefficient (Wildman–Crippen LogP) is 3.27. The lowest BCUT2D eigenvalue weighted by Crippen LogP contribution is -2.47. The van der Waals surface area contributed by atoms with Crippen LogP contribution in [0.1, 0.15) is 100 Å². The highest BCUT2D eigenvalue weighted by Crippen LogP contribution is 2.26. The fourth-order valence-corrected chi connectivity index (χ4v) is 3.13. The van der Waals surface area contributed by atoms with Crippen molar-refractivity contribution in [3.05, 3.63) is 0 Å². The van der Waals surface area contributed by atoms with Crippen molar-refractivity contribution in [2.75, 3.05) is 13.2 Å². The van der Waals surface area contributed by atoms with Crippen LogP contribution in [0.5, 0.6) is 0 Å². The normalized spacial score (nSPS) is 14.7. The van der Waals surface area contributed by atoms with Gasteiger partial charge in [0.05, 0.1) is 12.1 Å². The Kier molecular flexibility index (Phi) is 13.5. The van der Waals surface area contributed by atoms with E-state index >= 15 is 0 Å². The molecule has 0 bridgehead atoms. The lowest BCUT2D eigenvalue weighted by atomic mass is 9.87. The van der Waals surface area contributed by atoms with Gasteiger partial charge in [0.15, 0.2) is 0 Å². The average molecular weight is 470 g/mol. The number of amides is 3. The van der Waals surface area contributed by atoms with E-state index in [2.05, 4.69) is 16.0 Å². The van der Waals surface area contributed by atoms with Crippen molar-refractivity contribution in [2.24, 2.45) is 5.92 Å². The second-order valence-electron chi connectivity index (χ2n) is 10.5. The Morgan fingerprint density at radius 1 is 0.909 bits per heavy atom. The molecule has 8 heteroatoms. The highest BCUT2D eigenvalue weighted by molar-refractivity contribution is 5.84. The highest BCUT2D eigenvalue weighted by Gasteiger charge is 2.30. The van der Waals surface area contributed by atoms with E-state index in [0.717, 1.165) is 25.7 Å². The topological polar surface area (TPSA) is 114 Å². The van der Waals surface area contributed by atoms with Crippen LogP contribution in [0.3, 0.4) is 0 Å². The molecule has 0 aliphatic heterocycles. The molecule has 0 aromatic heterocycles. The minimum Gasteiger partial charge on any atom is -0.375 e. The number of aldehydes is 1. The number of carbonyl (C=O) groups is 4. The molecule has 0 aliphatic rings. The van der Waals surface area contributed by atoms with Gasteiger partial charge in [-0.05, 0) is 66.7 Å². The molecule has 0 rings (SSSR count). The van der Waals surface area contributed by atoms with Crippen molar-refractivity contribution in [1.82, 2.24) is 16.0 Å². The van der Waals surface area contributed by atoms with Gasteiger partial charge in [-0.15, -0.1) is 0 Å². The molecule has 192 valence electrons. The Morgan fingerprint density at radius 3 is 2.06 bits per heavy atom. The van der Waals surface area contributed by atoms with Gasteiger partial charge in [-0.3, -0.25) is 14.4 Å². The summed E-state index contributed by atoms with van der Waals surface area (Å²) in [6, 6.07) is 0. The van der Waals surface area contributed by atoms with Crippen molar-refractivity contribution in [3.8, 4) is 0 Å². The monoisotopic (exact) mass is 469 g/mol. The van der Waals surface area contributed by atoms with E-state index in [1.807, 2.05) is 55.4 Å². The summed E-state index contributed by atoms with van der Waals surface area (Å²) in [5.74, 6) is -0.432. The van der Waals surface area contributed by atoms with Crippen LogP contribution in [0.4, 0.5) is 0 Å². The molecule has 0 saturated heterocycles. The van der Waals surface area contributed by atoms with Gasteiger partial charge >= 0.3 is 0 Å². The van der Waals surface area contributed by atoms with Crippen LogP contribution in [-0.4, -0.2) is 53.8 Å². The van der Waals surface area contributed by atoms with Crippen LogP contribution in [0.15, 0.2) is 0 Å². The molecule has 0 fully saturated rings. The smallest absolute Gasteiger partial charge is 0.223 e. The third kappa shape index (κ3) is 14.0. The third-order valence-corrected chi connectivity index (χ3v) is 6.20. The summed E-state index contributed by atoms with van der Waals surface area (Å²) in [7, 11) is 0. The predicted molar refractivity (Wildman–Crippen MR) is 131 cm³/mol. The minimum absolute atomic E-state index is 0.00528. The van der Waals surface area contributed by atoms with Crippen molar-refractivity contribution < 1.29 is 23.9 Å². The average Bonchev–Trinajstić information content (AvgIpc) is 2.73. The van der Waals surface area contributed by atoms with Gasteiger partial charge in [-0.2, -0.15) is 0 Å². The van der Waals surface area contributed by atoms with Crippen molar-refractivity contribution in [2.45, 2.75) is 117 Å². The molecule has 0 spiro atoms. The molecule has 3 amide bonds. The zero-order valence-corrected chi connectivity index (χ0v) is 22.1. The van der Waals surface area contributed by atoms with Gasteiger partial charge in [0.2, 0.25) is 17.7 Å². The number of ether oxygens (including phenoxy) is 1. The first-order chi connectivity index (χ1) is 15.2. The van der Waals surface area contributed by atoms with E-state index < -0.39 is 5.54 Å². The molecule has 33 heavy (non-hydrogen) atoms. The summed E-state index contributed by atoms with van der Waals surface area (Å²) < 4.78 is 6.15. The SMILES string of the molecule is CCC(C)C(=O)NC(C)(C)CCOC(C)(C)CCC(C)(CC)NC(=O)CCC(=O)NCC=O. The van der Waals surface area contributed by atoms with Gasteiger partial charge in [0, 0.05) is 36.4 Å². The first kappa shape index (κ1) is 31.0. The van der Waals surface area contributed by atoms with Gasteiger partial charge in [-0.25, -0.2) is 0 Å². The first-order valence-corrected chi connectivity index (χ1v) is 12.2. The molecular formula is C25H47N3O5. The molecule has 0 aromatic carbocycles. The lowest BCUT2D eigenvalue weighted by molar-refractivity contribution is -0.128. The van der Waals surface area contributed by atoms with Gasteiger partial charge in [0.1, 0.15) is 6.29 Å². The number of hydrogen-bond acceptors (Lipinski definition) is 5. The largest absolute Gasteiger partial charge is 0.375 e. The maximum Gasteiger partial charge on any atom is 0.223 e. The molecule has 2 unspecified atom stereocenters. The van der Waals surface area contributed by atoms with Crippen molar-refractivity contribution >= 4 is 24.0 Å². The summed E-state index contributed by atoms with van der Waals surface area (Å²) in [5.41, 5.74) is -1.13. The molecule has 2 atom stereocenters. The van der Waals surface area contributed by atoms with Gasteiger partial charge in [-0.1, -0.05) is 20.8 Å². The molecule has 0 saturated carbocycles. The molecule has 0 heterocycles. The maximum atomic E-state index is 12.3. The highest BCUT2D eigenvalue weighted by atomic mass is 16.5. The Bertz CT molecular complexity index is 648. The zero-order valence-electron chi connectivity index (χ0n) is 22.1. The number of carbonyl (C=O) groups excluding carboxylic acids is 4. The van der Waals surface area contributed by atoms with Gasteiger partial charge in [0.25, 0.3) is 0 Å². The molecule has 0 aromatic rings. The van der Waals surface area contributed by atoms with E-state index in [0.29, 0.717) is 19.3 Å². The second-order valence-corrected chi connectivity index (χ2v) is 10.5. The summed E-state index contributed by atoms with van der Waals surface area (Å²) in [6.45, 7) is 16.5. The molecule has 0 radical (unpaired) electrons. The number of hydrogen-bond donors (Lipinski definition) is 3. The number of rotatable bonds is 17. The lowest BCUT2D eigenvalue weighted by Gasteiger charge is -2.35. The van der Waals surface area contributed by atoms with Crippen LogP contribution >= 0.6 is 0 Å². The van der Waals surface area contributed by atoms with Crippen LogP contribution in [0.25, 0.3) is 0 Å². The maximum absolute atomic E-state index is 12.3. The fraction of sp³-hybridized carbons (Fsp3) is 0.840. The third-order valence-electron chi connectivity index (χ3n) is 6.20. The van der Waals surface area contributed by atoms with Crippen LogP contribution in [0.2, 0.25) is 0 Å². The first-order valence-electron chi connectivity index (χ1n) is 12.2. The Hall–Kier alpha value is -1.96. The van der Waals surface area contributed by atoms with E-state index in [1.54, 1.807) is 0 Å². The quantitative estimate of drug-likeness (QED) is 0.283. The molecule has 0 aliphatic carbocycles. The Balaban J connectivity index is 4.57. The van der Waals surface area contributed by atoms with E-state index in [1.165, 1.54) is 0 Å². The van der Waals surface area contributed by atoms with Gasteiger partial charge < -0.3 is 25.5 Å². The van der Waals surface area contributed by atoms with E-state index in [9.17, 15) is 19.2 Å². The molecule has 8 nitrogen and oxygen atoms in total. The summed E-state index contributed by atoms with van der Waals surface area (Å²) in [6.07, 6.45) is 4.48. The summed E-state index contributed by atoms with van der Waals surface area (Å²) >= 11 is 0. The molecular weight excluding hydrogens is 422 g/mol. The summed E-state index contributed by atoms with van der Waals surface area (Å²) in [5, 5.41) is 8.58.